The molecule has 1 saturated heterocycles. The summed E-state index contributed by atoms with van der Waals surface area (Å²) in [5.74, 6) is 0.619. The molecule has 7 heteroatoms. The summed E-state index contributed by atoms with van der Waals surface area (Å²) >= 11 is 0. The van der Waals surface area contributed by atoms with Gasteiger partial charge in [-0.2, -0.15) is 4.31 Å². The van der Waals surface area contributed by atoms with Crippen molar-refractivity contribution in [2.24, 2.45) is 0 Å². The van der Waals surface area contributed by atoms with Crippen LogP contribution in [0.3, 0.4) is 0 Å². The van der Waals surface area contributed by atoms with Crippen LogP contribution in [0, 0.1) is 0 Å². The van der Waals surface area contributed by atoms with Crippen LogP contribution in [0.5, 0.6) is 5.75 Å². The van der Waals surface area contributed by atoms with E-state index in [1.165, 1.54) is 11.2 Å². The molecule has 3 rings (SSSR count). The van der Waals surface area contributed by atoms with Gasteiger partial charge in [0.25, 0.3) is 0 Å². The Morgan fingerprint density at radius 2 is 1.81 bits per heavy atom. The second kappa shape index (κ2) is 7.99. The Kier molecular flexibility index (Phi) is 5.70. The lowest BCUT2D eigenvalue weighted by atomic mass is 10.1. The molecule has 0 aliphatic carbocycles. The number of nitrogens with zero attached hydrogens (tertiary/aromatic N) is 1. The first-order valence-electron chi connectivity index (χ1n) is 8.37. The Hall–Kier alpha value is -2.22. The van der Waals surface area contributed by atoms with Gasteiger partial charge in [-0.05, 0) is 48.9 Å². The van der Waals surface area contributed by atoms with Gasteiger partial charge in [0, 0.05) is 18.7 Å². The number of benzene rings is 2. The van der Waals surface area contributed by atoms with Gasteiger partial charge in [-0.3, -0.25) is 4.79 Å². The molecule has 0 aromatic heterocycles. The molecule has 0 radical (unpaired) electrons. The zero-order valence-electron chi connectivity index (χ0n) is 14.6. The van der Waals surface area contributed by atoms with Crippen LogP contribution in [0.1, 0.15) is 22.8 Å². The van der Waals surface area contributed by atoms with Crippen LogP contribution in [0.4, 0.5) is 0 Å². The third-order valence-electron chi connectivity index (χ3n) is 4.17. The average Bonchev–Trinajstić information content (AvgIpc) is 2.67. The lowest BCUT2D eigenvalue weighted by Crippen LogP contribution is -2.40. The molecule has 0 N–H and O–H groups in total. The fourth-order valence-corrected chi connectivity index (χ4v) is 4.16. The maximum absolute atomic E-state index is 12.7. The zero-order chi connectivity index (χ0) is 18.6. The van der Waals surface area contributed by atoms with E-state index in [1.54, 1.807) is 42.5 Å². The number of hydrogen-bond donors (Lipinski definition) is 0. The molecule has 6 nitrogen and oxygen atoms in total. The van der Waals surface area contributed by atoms with Crippen LogP contribution in [-0.2, 0) is 21.4 Å². The smallest absolute Gasteiger partial charge is 0.243 e. The molecule has 26 heavy (non-hydrogen) atoms. The highest BCUT2D eigenvalue weighted by Crippen LogP contribution is 2.20. The first-order valence-corrected chi connectivity index (χ1v) is 9.81. The average molecular weight is 375 g/mol. The van der Waals surface area contributed by atoms with Gasteiger partial charge in [-0.1, -0.05) is 12.1 Å². The summed E-state index contributed by atoms with van der Waals surface area (Å²) in [5.41, 5.74) is 1.38. The summed E-state index contributed by atoms with van der Waals surface area (Å²) in [4.78, 5) is 11.5. The van der Waals surface area contributed by atoms with Crippen molar-refractivity contribution >= 4 is 15.8 Å². The van der Waals surface area contributed by atoms with E-state index >= 15 is 0 Å². The molecule has 1 aliphatic rings. The second-order valence-electron chi connectivity index (χ2n) is 6.03. The monoisotopic (exact) mass is 375 g/mol. The van der Waals surface area contributed by atoms with Crippen molar-refractivity contribution < 1.29 is 22.7 Å². The highest BCUT2D eigenvalue weighted by atomic mass is 32.2. The fourth-order valence-electron chi connectivity index (χ4n) is 2.68. The minimum Gasteiger partial charge on any atom is -0.489 e. The summed E-state index contributed by atoms with van der Waals surface area (Å²) in [7, 11) is -3.52. The molecule has 1 aliphatic heterocycles. The van der Waals surface area contributed by atoms with Gasteiger partial charge in [0.1, 0.15) is 12.4 Å². The van der Waals surface area contributed by atoms with Crippen molar-refractivity contribution in [3.05, 3.63) is 59.7 Å². The number of sulfonamides is 1. The van der Waals surface area contributed by atoms with Crippen LogP contribution < -0.4 is 4.74 Å². The highest BCUT2D eigenvalue weighted by molar-refractivity contribution is 7.89. The van der Waals surface area contributed by atoms with E-state index in [1.807, 2.05) is 6.07 Å². The molecule has 0 spiro atoms. The second-order valence-corrected chi connectivity index (χ2v) is 7.97. The molecule has 2 aromatic rings. The SMILES string of the molecule is CC(=O)c1ccc(OCc2cccc(S(=O)(=O)N3CCOCC3)c2)cc1. The predicted molar refractivity (Wildman–Crippen MR) is 96.8 cm³/mol. The van der Waals surface area contributed by atoms with Crippen LogP contribution in [-0.4, -0.2) is 44.8 Å². The maximum Gasteiger partial charge on any atom is 0.243 e. The summed E-state index contributed by atoms with van der Waals surface area (Å²) in [6.45, 7) is 3.32. The van der Waals surface area contributed by atoms with Crippen molar-refractivity contribution in [2.75, 3.05) is 26.3 Å². The molecule has 2 aromatic carbocycles. The van der Waals surface area contributed by atoms with E-state index in [-0.39, 0.29) is 17.3 Å². The Balaban J connectivity index is 1.70. The van der Waals surface area contributed by atoms with E-state index in [2.05, 4.69) is 0 Å². The maximum atomic E-state index is 12.7. The number of rotatable bonds is 6. The van der Waals surface area contributed by atoms with E-state index in [0.29, 0.717) is 37.6 Å². The van der Waals surface area contributed by atoms with Gasteiger partial charge < -0.3 is 9.47 Å². The number of ketones is 1. The van der Waals surface area contributed by atoms with Crippen LogP contribution >= 0.6 is 0 Å². The molecular formula is C19H21NO5S. The number of hydrogen-bond acceptors (Lipinski definition) is 5. The van der Waals surface area contributed by atoms with Crippen molar-refractivity contribution in [1.82, 2.24) is 4.31 Å². The van der Waals surface area contributed by atoms with Crippen molar-refractivity contribution in [1.29, 1.82) is 0 Å². The number of carbonyl (C=O) groups excluding carboxylic acids is 1. The summed E-state index contributed by atoms with van der Waals surface area (Å²) < 4.78 is 37.8. The Morgan fingerprint density at radius 3 is 2.46 bits per heavy atom. The molecule has 0 saturated carbocycles. The Labute approximate surface area is 153 Å². The van der Waals surface area contributed by atoms with E-state index in [0.717, 1.165) is 5.56 Å². The summed E-state index contributed by atoms with van der Waals surface area (Å²) in [6.07, 6.45) is 0. The number of morpholine rings is 1. The normalized spacial score (nSPS) is 15.6. The number of ether oxygens (including phenoxy) is 2. The lowest BCUT2D eigenvalue weighted by molar-refractivity contribution is 0.0730. The lowest BCUT2D eigenvalue weighted by Gasteiger charge is -2.26. The first kappa shape index (κ1) is 18.6. The van der Waals surface area contributed by atoms with Crippen molar-refractivity contribution in [3.63, 3.8) is 0 Å². The van der Waals surface area contributed by atoms with E-state index in [9.17, 15) is 13.2 Å². The first-order chi connectivity index (χ1) is 12.5. The predicted octanol–water partition coefficient (Wildman–Crippen LogP) is 2.49. The van der Waals surface area contributed by atoms with Crippen LogP contribution in [0.15, 0.2) is 53.4 Å². The van der Waals surface area contributed by atoms with Gasteiger partial charge in [-0.15, -0.1) is 0 Å². The molecule has 0 amide bonds. The molecule has 138 valence electrons. The molecule has 1 heterocycles. The van der Waals surface area contributed by atoms with Gasteiger partial charge in [0.2, 0.25) is 10.0 Å². The van der Waals surface area contributed by atoms with Crippen molar-refractivity contribution in [3.8, 4) is 5.75 Å². The number of Topliss-reactive ketones (excluding diaryl/α,β-unsaturated/α-hetero) is 1. The molecule has 0 unspecified atom stereocenters. The van der Waals surface area contributed by atoms with Crippen LogP contribution in [0.25, 0.3) is 0 Å². The largest absolute Gasteiger partial charge is 0.489 e. The third kappa shape index (κ3) is 4.30. The summed E-state index contributed by atoms with van der Waals surface area (Å²) in [6, 6.07) is 13.6. The molecular weight excluding hydrogens is 354 g/mol. The number of carbonyl (C=O) groups is 1. The molecule has 0 bridgehead atoms. The fraction of sp³-hybridized carbons (Fsp3) is 0.316. The minimum absolute atomic E-state index is 0.00225. The third-order valence-corrected chi connectivity index (χ3v) is 6.07. The Morgan fingerprint density at radius 1 is 1.12 bits per heavy atom. The standard InChI is InChI=1S/C19H21NO5S/c1-15(21)17-5-7-18(8-6-17)25-14-16-3-2-4-19(13-16)26(22,23)20-9-11-24-12-10-20/h2-8,13H,9-12,14H2,1H3. The van der Waals surface area contributed by atoms with E-state index < -0.39 is 10.0 Å². The van der Waals surface area contributed by atoms with Gasteiger partial charge in [-0.25, -0.2) is 8.42 Å². The topological polar surface area (TPSA) is 72.9 Å². The van der Waals surface area contributed by atoms with Gasteiger partial charge in [0.05, 0.1) is 18.1 Å². The zero-order valence-corrected chi connectivity index (χ0v) is 15.4. The minimum atomic E-state index is -3.52. The highest BCUT2D eigenvalue weighted by Gasteiger charge is 2.26. The Bertz CT molecular complexity index is 871. The van der Waals surface area contributed by atoms with Gasteiger partial charge >= 0.3 is 0 Å². The van der Waals surface area contributed by atoms with E-state index in [4.69, 9.17) is 9.47 Å². The van der Waals surface area contributed by atoms with Gasteiger partial charge in [0.15, 0.2) is 5.78 Å². The molecule has 1 fully saturated rings. The summed E-state index contributed by atoms with van der Waals surface area (Å²) in [5, 5.41) is 0. The van der Waals surface area contributed by atoms with Crippen LogP contribution in [0.2, 0.25) is 0 Å². The quantitative estimate of drug-likeness (QED) is 0.726. The van der Waals surface area contributed by atoms with Crippen molar-refractivity contribution in [2.45, 2.75) is 18.4 Å². The molecule has 0 atom stereocenters.